The van der Waals surface area contributed by atoms with Gasteiger partial charge < -0.3 is 46.1 Å². The van der Waals surface area contributed by atoms with Gasteiger partial charge >= 0.3 is 0 Å². The fraction of sp³-hybridized carbons (Fsp3) is 0.487. The van der Waals surface area contributed by atoms with Crippen LogP contribution in [0.1, 0.15) is 191 Å². The zero-order chi connectivity index (χ0) is 69.2. The molecule has 21 nitrogen and oxygen atoms in total. The molecule has 0 unspecified atom stereocenters. The summed E-state index contributed by atoms with van der Waals surface area (Å²) in [5.41, 5.74) is 7.95. The van der Waals surface area contributed by atoms with Crippen molar-refractivity contribution in [3.63, 3.8) is 0 Å². The number of pyridine rings is 3. The number of carbonyl (C=O) groups is 3. The zero-order valence-corrected chi connectivity index (χ0v) is 59.0. The molecule has 0 atom stereocenters. The highest BCUT2D eigenvalue weighted by Crippen LogP contribution is 2.44. The molecule has 0 radical (unpaired) electrons. The van der Waals surface area contributed by atoms with Gasteiger partial charge in [0.15, 0.2) is 16.9 Å². The van der Waals surface area contributed by atoms with Gasteiger partial charge in [-0.2, -0.15) is 15.3 Å². The molecule has 0 spiro atoms. The van der Waals surface area contributed by atoms with Crippen LogP contribution >= 0.6 is 23.2 Å². The summed E-state index contributed by atoms with van der Waals surface area (Å²) in [5, 5.41) is 38.4. The van der Waals surface area contributed by atoms with Crippen LogP contribution in [0.2, 0.25) is 10.0 Å². The molecule has 6 N–H and O–H groups in total. The van der Waals surface area contributed by atoms with E-state index in [1.165, 1.54) is 12.1 Å². The van der Waals surface area contributed by atoms with Crippen molar-refractivity contribution in [2.24, 2.45) is 0 Å². The third-order valence-electron chi connectivity index (χ3n) is 21.2. The standard InChI is InChI=1S/C26H32FN5O2.2C25H30ClN5O2/c1-2-32-24-21(17-29-32)23(30-20-10-14-34-15-11-20)22(16-28-24)25(33)31-26(12-4-3-5-13-26)18-6-8-19(27)9-7-18;1-2-31-23-20(16-28-31)22(29-19-8-12-33-13-9-19)21(15-27-23)24(32)30-25(10-3-4-11-25)17-6-5-7-18(26)14-17;1-2-31-23-18(16-28-31)22(29-17-9-13-33-14-10-17)19(15-27-23)24(32)30-25(11-5-6-12-25)20-7-3-4-8-21(20)26/h6-9,16-17,20H,2-5,10-15H2,1H3,(H,28,30)(H,31,33);5-7,14-16,19H,2-4,8-13H2,1H3,(H,27,29)(H,30,32);3-4,7-8,15-17H,2,5-6,9-14H2,1H3,(H,27,29)(H,30,32). The van der Waals surface area contributed by atoms with Crippen LogP contribution in [0.15, 0.2) is 110 Å². The zero-order valence-electron chi connectivity index (χ0n) is 57.5. The summed E-state index contributed by atoms with van der Waals surface area (Å²) in [6.45, 7) is 12.5. The first-order chi connectivity index (χ1) is 48.8. The van der Waals surface area contributed by atoms with Crippen molar-refractivity contribution < 1.29 is 33.0 Å². The Balaban J connectivity index is 0.000000134. The minimum absolute atomic E-state index is 0.120. The van der Waals surface area contributed by atoms with Gasteiger partial charge in [-0.1, -0.05) is 111 Å². The predicted molar refractivity (Wildman–Crippen MR) is 389 cm³/mol. The lowest BCUT2D eigenvalue weighted by molar-refractivity contribution is 0.0861. The number of hydrogen-bond donors (Lipinski definition) is 6. The molecular weight excluding hydrogens is 1310 g/mol. The fourth-order valence-corrected chi connectivity index (χ4v) is 16.2. The third-order valence-corrected chi connectivity index (χ3v) is 21.7. The Morgan fingerprint density at radius 3 is 1.22 bits per heavy atom. The second-order valence-corrected chi connectivity index (χ2v) is 28.3. The molecule has 3 amide bonds. The largest absolute Gasteiger partial charge is 0.381 e. The number of fused-ring (bicyclic) bond motifs is 3. The molecule has 3 aromatic carbocycles. The minimum atomic E-state index is -0.512. The number of rotatable bonds is 18. The van der Waals surface area contributed by atoms with E-state index in [-0.39, 0.29) is 41.7 Å². The smallest absolute Gasteiger partial charge is 0.255 e. The molecule has 6 aliphatic rings. The summed E-state index contributed by atoms with van der Waals surface area (Å²) in [7, 11) is 0. The molecule has 15 rings (SSSR count). The van der Waals surface area contributed by atoms with Gasteiger partial charge in [-0.15, -0.1) is 0 Å². The number of aryl methyl sites for hydroxylation is 3. The summed E-state index contributed by atoms with van der Waals surface area (Å²) >= 11 is 12.9. The highest BCUT2D eigenvalue weighted by molar-refractivity contribution is 6.31. The van der Waals surface area contributed by atoms with Crippen molar-refractivity contribution in [2.45, 2.75) is 197 Å². The van der Waals surface area contributed by atoms with Crippen molar-refractivity contribution in [1.29, 1.82) is 0 Å². The number of hydrogen-bond acceptors (Lipinski definition) is 15. The third kappa shape index (κ3) is 15.2. The van der Waals surface area contributed by atoms with E-state index in [9.17, 15) is 18.8 Å². The lowest BCUT2D eigenvalue weighted by Crippen LogP contribution is -2.47. The van der Waals surface area contributed by atoms with Crippen LogP contribution in [-0.2, 0) is 50.5 Å². The van der Waals surface area contributed by atoms with E-state index in [1.54, 1.807) is 36.9 Å². The van der Waals surface area contributed by atoms with E-state index < -0.39 is 16.6 Å². The summed E-state index contributed by atoms with van der Waals surface area (Å²) in [6, 6.07) is 22.9. The lowest BCUT2D eigenvalue weighted by Gasteiger charge is -2.39. The number of nitrogens with one attached hydrogen (secondary N) is 6. The Bertz CT molecular complexity index is 4310. The number of ether oxygens (including phenoxy) is 3. The Morgan fingerprint density at radius 2 is 0.830 bits per heavy atom. The maximum atomic E-state index is 13.8. The molecular formula is C76H92Cl2FN15O6. The van der Waals surface area contributed by atoms with Crippen molar-refractivity contribution in [1.82, 2.24) is 60.2 Å². The van der Waals surface area contributed by atoms with E-state index in [4.69, 9.17) is 37.4 Å². The summed E-state index contributed by atoms with van der Waals surface area (Å²) in [5.74, 6) is -0.693. The van der Waals surface area contributed by atoms with Crippen molar-refractivity contribution >= 4 is 91.1 Å². The van der Waals surface area contributed by atoms with Crippen LogP contribution in [0.5, 0.6) is 0 Å². The number of aromatic nitrogens is 9. The van der Waals surface area contributed by atoms with Gasteiger partial charge in [-0.3, -0.25) is 14.4 Å². The normalized spacial score (nSPS) is 18.5. The van der Waals surface area contributed by atoms with Crippen molar-refractivity contribution in [2.75, 3.05) is 55.6 Å². The molecule has 3 saturated heterocycles. The van der Waals surface area contributed by atoms with Crippen LogP contribution in [0, 0.1) is 5.82 Å². The van der Waals surface area contributed by atoms with Crippen LogP contribution in [-0.4, -0.2) is 120 Å². The molecule has 9 heterocycles. The first-order valence-electron chi connectivity index (χ1n) is 36.1. The molecule has 6 aromatic heterocycles. The van der Waals surface area contributed by atoms with E-state index in [2.05, 4.69) is 68.2 Å². The average molecular weight is 1400 g/mol. The van der Waals surface area contributed by atoms with Gasteiger partial charge in [0, 0.05) is 106 Å². The predicted octanol–water partition coefficient (Wildman–Crippen LogP) is 14.6. The quantitative estimate of drug-likeness (QED) is 0.0468. The monoisotopic (exact) mass is 1400 g/mol. The van der Waals surface area contributed by atoms with E-state index in [0.717, 1.165) is 222 Å². The van der Waals surface area contributed by atoms with Gasteiger partial charge in [0.05, 0.1) is 85.1 Å². The highest BCUT2D eigenvalue weighted by Gasteiger charge is 2.42. The number of anilines is 3. The van der Waals surface area contributed by atoms with Crippen LogP contribution in [0.4, 0.5) is 21.5 Å². The Kier molecular flexibility index (Phi) is 22.3. The SMILES string of the molecule is CCn1ncc2c(NC3CCOCC3)c(C(=O)NC3(c4ccc(F)cc4)CCCCC3)cnc21.CCn1ncc2c(NC3CCOCC3)c(C(=O)NC3(c4cccc(Cl)c4)CCCC3)cnc21.CCn1ncc2c(NC3CCOCC3)c(C(=O)NC3(c4ccccc4Cl)CCCC3)cnc21. The second kappa shape index (κ2) is 31.7. The molecule has 24 heteroatoms. The summed E-state index contributed by atoms with van der Waals surface area (Å²) < 4.78 is 35.8. The molecule has 6 fully saturated rings. The van der Waals surface area contributed by atoms with Crippen molar-refractivity contribution in [3.8, 4) is 0 Å². The molecule has 3 aliphatic carbocycles. The minimum Gasteiger partial charge on any atom is -0.381 e. The second-order valence-electron chi connectivity index (χ2n) is 27.4. The summed E-state index contributed by atoms with van der Waals surface area (Å²) in [6.07, 6.45) is 28.4. The maximum Gasteiger partial charge on any atom is 0.255 e. The van der Waals surface area contributed by atoms with Crippen LogP contribution in [0.25, 0.3) is 33.1 Å². The van der Waals surface area contributed by atoms with E-state index in [1.807, 2.05) is 89.7 Å². The number of amides is 3. The number of carbonyl (C=O) groups excluding carboxylic acids is 3. The van der Waals surface area contributed by atoms with Gasteiger partial charge in [0.1, 0.15) is 5.82 Å². The molecule has 3 saturated carbocycles. The number of nitrogens with zero attached hydrogens (tertiary/aromatic N) is 9. The van der Waals surface area contributed by atoms with Crippen LogP contribution < -0.4 is 31.9 Å². The first kappa shape index (κ1) is 70.2. The Hall–Kier alpha value is -8.28. The Morgan fingerprint density at radius 1 is 0.460 bits per heavy atom. The topological polar surface area (TPSA) is 243 Å². The lowest BCUT2D eigenvalue weighted by atomic mass is 9.76. The fourth-order valence-electron chi connectivity index (χ4n) is 15.7. The first-order valence-corrected chi connectivity index (χ1v) is 36.9. The highest BCUT2D eigenvalue weighted by atomic mass is 35.5. The molecule has 0 bridgehead atoms. The Labute approximate surface area is 593 Å². The molecule has 100 heavy (non-hydrogen) atoms. The van der Waals surface area contributed by atoms with E-state index in [0.29, 0.717) is 53.0 Å². The number of halogens is 3. The average Bonchev–Trinajstić information content (AvgIpc) is 1.54. The molecule has 3 aliphatic heterocycles. The van der Waals surface area contributed by atoms with E-state index >= 15 is 0 Å². The van der Waals surface area contributed by atoms with Crippen molar-refractivity contribution in [3.05, 3.63) is 159 Å². The van der Waals surface area contributed by atoms with Gasteiger partial charge in [0.25, 0.3) is 17.7 Å². The van der Waals surface area contributed by atoms with Gasteiger partial charge in [0.2, 0.25) is 0 Å². The van der Waals surface area contributed by atoms with Gasteiger partial charge in [-0.05, 0) is 145 Å². The van der Waals surface area contributed by atoms with Gasteiger partial charge in [-0.25, -0.2) is 33.4 Å². The summed E-state index contributed by atoms with van der Waals surface area (Å²) in [4.78, 5) is 55.2. The molecule has 9 aromatic rings. The molecule has 528 valence electrons. The maximum absolute atomic E-state index is 13.8. The van der Waals surface area contributed by atoms with Crippen LogP contribution in [0.3, 0.4) is 0 Å². The number of benzene rings is 3.